The number of carbonyl (C=O) groups is 1. The van der Waals surface area contributed by atoms with E-state index in [-0.39, 0.29) is 0 Å². The molecule has 6 nitrogen and oxygen atoms in total. The summed E-state index contributed by atoms with van der Waals surface area (Å²) in [5.74, 6) is 1.29. The van der Waals surface area contributed by atoms with Crippen LogP contribution < -0.4 is 5.32 Å². The minimum atomic E-state index is 0.293. The summed E-state index contributed by atoms with van der Waals surface area (Å²) in [6.45, 7) is 9.82. The Bertz CT molecular complexity index is 892. The Balaban J connectivity index is 1.31. The molecule has 0 radical (unpaired) electrons. The molecule has 0 aromatic heterocycles. The quantitative estimate of drug-likeness (QED) is 0.575. The van der Waals surface area contributed by atoms with Crippen molar-refractivity contribution in [1.29, 1.82) is 0 Å². The molecule has 0 aliphatic carbocycles. The third kappa shape index (κ3) is 5.56. The zero-order valence-electron chi connectivity index (χ0n) is 18.7. The van der Waals surface area contributed by atoms with Gasteiger partial charge in [-0.25, -0.2) is 0 Å². The smallest absolute Gasteiger partial charge is 0.236 e. The van der Waals surface area contributed by atoms with Gasteiger partial charge in [0.1, 0.15) is 0 Å². The number of nitrogens with zero attached hydrogens (tertiary/aromatic N) is 4. The summed E-state index contributed by atoms with van der Waals surface area (Å²) in [6.07, 6.45) is 3.24. The Labute approximate surface area is 185 Å². The predicted octanol–water partition coefficient (Wildman–Crippen LogP) is 2.59. The number of piperazine rings is 1. The number of fused-ring (bicyclic) bond motifs is 1. The molecule has 4 rings (SSSR count). The van der Waals surface area contributed by atoms with Gasteiger partial charge in [0.15, 0.2) is 5.96 Å². The Hall–Kier alpha value is -2.60. The predicted molar refractivity (Wildman–Crippen MR) is 127 cm³/mol. The fourth-order valence-electron chi connectivity index (χ4n) is 4.59. The van der Waals surface area contributed by atoms with Crippen molar-refractivity contribution in [2.75, 3.05) is 58.9 Å². The summed E-state index contributed by atoms with van der Waals surface area (Å²) in [5.41, 5.74) is 1.35. The Morgan fingerprint density at radius 1 is 0.935 bits per heavy atom. The summed E-state index contributed by atoms with van der Waals surface area (Å²) >= 11 is 0. The van der Waals surface area contributed by atoms with E-state index < -0.39 is 0 Å². The van der Waals surface area contributed by atoms with Gasteiger partial charge in [-0.2, -0.15) is 0 Å². The van der Waals surface area contributed by atoms with Crippen molar-refractivity contribution in [3.63, 3.8) is 0 Å². The third-order valence-electron chi connectivity index (χ3n) is 6.35. The second-order valence-corrected chi connectivity index (χ2v) is 8.48. The van der Waals surface area contributed by atoms with E-state index >= 15 is 0 Å². The zero-order valence-corrected chi connectivity index (χ0v) is 18.7. The van der Waals surface area contributed by atoms with Crippen LogP contribution in [0, 0.1) is 0 Å². The van der Waals surface area contributed by atoms with Gasteiger partial charge >= 0.3 is 0 Å². The molecule has 0 bridgehead atoms. The highest BCUT2D eigenvalue weighted by Crippen LogP contribution is 2.19. The molecule has 0 unspecified atom stereocenters. The molecule has 2 aromatic carbocycles. The second-order valence-electron chi connectivity index (χ2n) is 8.48. The number of aliphatic imine (C=N–C) groups is 1. The third-order valence-corrected chi connectivity index (χ3v) is 6.35. The van der Waals surface area contributed by atoms with Gasteiger partial charge in [-0.3, -0.25) is 14.7 Å². The lowest BCUT2D eigenvalue weighted by atomic mass is 10.0. The summed E-state index contributed by atoms with van der Waals surface area (Å²) in [5, 5.41) is 6.07. The first kappa shape index (κ1) is 21.6. The topological polar surface area (TPSA) is 51.2 Å². The van der Waals surface area contributed by atoms with E-state index in [1.807, 2.05) is 4.90 Å². The largest absolute Gasteiger partial charge is 0.357 e. The molecule has 0 saturated carbocycles. The molecule has 2 saturated heterocycles. The van der Waals surface area contributed by atoms with E-state index in [0.29, 0.717) is 12.5 Å². The number of likely N-dealkylation sites (tertiary alicyclic amines) is 1. The first-order chi connectivity index (χ1) is 15.2. The molecule has 1 amide bonds. The molecule has 2 aliphatic rings. The van der Waals surface area contributed by atoms with Crippen LogP contribution in [0.4, 0.5) is 0 Å². The van der Waals surface area contributed by atoms with Gasteiger partial charge in [0.2, 0.25) is 5.91 Å². The van der Waals surface area contributed by atoms with Crippen LogP contribution in [0.25, 0.3) is 10.8 Å². The highest BCUT2D eigenvalue weighted by molar-refractivity contribution is 5.85. The average Bonchev–Trinajstić information content (AvgIpc) is 3.34. The summed E-state index contributed by atoms with van der Waals surface area (Å²) < 4.78 is 0. The fourth-order valence-corrected chi connectivity index (χ4v) is 4.59. The average molecular weight is 422 g/mol. The van der Waals surface area contributed by atoms with Crippen molar-refractivity contribution in [2.24, 2.45) is 4.99 Å². The maximum atomic E-state index is 12.4. The molecule has 2 aliphatic heterocycles. The molecule has 31 heavy (non-hydrogen) atoms. The number of rotatable bonds is 6. The molecular weight excluding hydrogens is 386 g/mol. The minimum Gasteiger partial charge on any atom is -0.357 e. The molecule has 2 heterocycles. The van der Waals surface area contributed by atoms with Crippen molar-refractivity contribution in [1.82, 2.24) is 20.0 Å². The van der Waals surface area contributed by atoms with E-state index in [0.717, 1.165) is 77.6 Å². The summed E-state index contributed by atoms with van der Waals surface area (Å²) in [4.78, 5) is 24.0. The van der Waals surface area contributed by atoms with Crippen molar-refractivity contribution in [3.8, 4) is 0 Å². The number of nitrogens with one attached hydrogen (secondary N) is 1. The van der Waals surface area contributed by atoms with Gasteiger partial charge in [0, 0.05) is 52.4 Å². The molecule has 2 aromatic rings. The molecule has 166 valence electrons. The van der Waals surface area contributed by atoms with Crippen LogP contribution in [0.2, 0.25) is 0 Å². The molecule has 0 spiro atoms. The Morgan fingerprint density at radius 3 is 2.45 bits per heavy atom. The van der Waals surface area contributed by atoms with Gasteiger partial charge in [0.25, 0.3) is 0 Å². The molecule has 6 heteroatoms. The number of guanidine groups is 1. The summed E-state index contributed by atoms with van der Waals surface area (Å²) in [7, 11) is 0. The number of amides is 1. The van der Waals surface area contributed by atoms with Gasteiger partial charge in [0.05, 0.1) is 6.54 Å². The normalized spacial score (nSPS) is 18.0. The van der Waals surface area contributed by atoms with Crippen LogP contribution in [0.15, 0.2) is 47.5 Å². The maximum Gasteiger partial charge on any atom is 0.236 e. The lowest BCUT2D eigenvalue weighted by Crippen LogP contribution is -2.54. The Morgan fingerprint density at radius 2 is 1.68 bits per heavy atom. The monoisotopic (exact) mass is 421 g/mol. The minimum absolute atomic E-state index is 0.293. The Kier molecular flexibility index (Phi) is 7.41. The van der Waals surface area contributed by atoms with Crippen molar-refractivity contribution >= 4 is 22.6 Å². The SMILES string of the molecule is CCNC(=NCCc1cccc2ccccc12)N1CCN(CC(=O)N2CCCC2)CC1. The molecular formula is C25H35N5O. The first-order valence-corrected chi connectivity index (χ1v) is 11.7. The van der Waals surface area contributed by atoms with Crippen LogP contribution in [0.3, 0.4) is 0 Å². The number of benzene rings is 2. The van der Waals surface area contributed by atoms with Crippen LogP contribution in [0.5, 0.6) is 0 Å². The van der Waals surface area contributed by atoms with Crippen LogP contribution in [-0.2, 0) is 11.2 Å². The maximum absolute atomic E-state index is 12.4. The zero-order chi connectivity index (χ0) is 21.5. The van der Waals surface area contributed by atoms with E-state index in [9.17, 15) is 4.79 Å². The van der Waals surface area contributed by atoms with Crippen molar-refractivity contribution < 1.29 is 4.79 Å². The van der Waals surface area contributed by atoms with Crippen LogP contribution in [-0.4, -0.2) is 85.5 Å². The standard InChI is InChI=1S/C25H35N5O/c1-2-26-25(27-13-12-22-10-7-9-21-8-3-4-11-23(21)22)30-18-16-28(17-19-30)20-24(31)29-14-5-6-15-29/h3-4,7-11H,2,5-6,12-20H2,1H3,(H,26,27). The highest BCUT2D eigenvalue weighted by Gasteiger charge is 2.24. The lowest BCUT2D eigenvalue weighted by molar-refractivity contribution is -0.131. The van der Waals surface area contributed by atoms with Crippen molar-refractivity contribution in [2.45, 2.75) is 26.2 Å². The van der Waals surface area contributed by atoms with Gasteiger partial charge in [-0.05, 0) is 42.5 Å². The number of hydrogen-bond acceptors (Lipinski definition) is 3. The van der Waals surface area contributed by atoms with Gasteiger partial charge < -0.3 is 15.1 Å². The number of carbonyl (C=O) groups excluding carboxylic acids is 1. The van der Waals surface area contributed by atoms with Gasteiger partial charge in [-0.15, -0.1) is 0 Å². The fraction of sp³-hybridized carbons (Fsp3) is 0.520. The van der Waals surface area contributed by atoms with E-state index in [1.54, 1.807) is 0 Å². The van der Waals surface area contributed by atoms with Crippen molar-refractivity contribution in [3.05, 3.63) is 48.0 Å². The van der Waals surface area contributed by atoms with E-state index in [1.165, 1.54) is 16.3 Å². The summed E-state index contributed by atoms with van der Waals surface area (Å²) in [6, 6.07) is 15.1. The van der Waals surface area contributed by atoms with Crippen LogP contribution >= 0.6 is 0 Å². The molecule has 0 atom stereocenters. The second kappa shape index (κ2) is 10.6. The first-order valence-electron chi connectivity index (χ1n) is 11.7. The van der Waals surface area contributed by atoms with E-state index in [2.05, 4.69) is 64.5 Å². The molecule has 2 fully saturated rings. The van der Waals surface area contributed by atoms with Crippen LogP contribution in [0.1, 0.15) is 25.3 Å². The molecule has 1 N–H and O–H groups in total. The van der Waals surface area contributed by atoms with Gasteiger partial charge in [-0.1, -0.05) is 42.5 Å². The van der Waals surface area contributed by atoms with E-state index in [4.69, 9.17) is 4.99 Å². The highest BCUT2D eigenvalue weighted by atomic mass is 16.2. The lowest BCUT2D eigenvalue weighted by Gasteiger charge is -2.36. The number of hydrogen-bond donors (Lipinski definition) is 1.